The number of ether oxygens (including phenoxy) is 1. The van der Waals surface area contributed by atoms with Crippen molar-refractivity contribution in [3.8, 4) is 0 Å². The van der Waals surface area contributed by atoms with E-state index in [9.17, 15) is 19.2 Å². The van der Waals surface area contributed by atoms with Gasteiger partial charge in [0.05, 0.1) is 24.3 Å². The topological polar surface area (TPSA) is 96.0 Å². The molecule has 8 heteroatoms. The Kier molecular flexibility index (Phi) is 8.04. The lowest BCUT2D eigenvalue weighted by Gasteiger charge is -2.22. The van der Waals surface area contributed by atoms with Crippen molar-refractivity contribution in [2.45, 2.75) is 46.6 Å². The lowest BCUT2D eigenvalue weighted by Crippen LogP contribution is -2.39. The van der Waals surface area contributed by atoms with Gasteiger partial charge in [-0.05, 0) is 62.6 Å². The Hall–Kier alpha value is -3.68. The molecule has 0 aromatic heterocycles. The second kappa shape index (κ2) is 11.0. The van der Waals surface area contributed by atoms with Gasteiger partial charge in [-0.25, -0.2) is 14.5 Å². The van der Waals surface area contributed by atoms with Crippen LogP contribution in [0.3, 0.4) is 0 Å². The van der Waals surface area contributed by atoms with Crippen molar-refractivity contribution in [3.05, 3.63) is 59.7 Å². The SMILES string of the molecule is CCOC(=O)c1ccc(NC(=O)C[C@@H]2C(=O)N(c3ccc(C)cc3)C(=O)N2CCC(C)C)cc1. The fourth-order valence-electron chi connectivity index (χ4n) is 3.71. The zero-order chi connectivity index (χ0) is 24.8. The van der Waals surface area contributed by atoms with Crippen molar-refractivity contribution < 1.29 is 23.9 Å². The first kappa shape index (κ1) is 25.0. The maximum atomic E-state index is 13.3. The number of carbonyl (C=O) groups excluding carboxylic acids is 4. The molecule has 4 amide bonds. The molecule has 34 heavy (non-hydrogen) atoms. The molecule has 2 aromatic rings. The van der Waals surface area contributed by atoms with Gasteiger partial charge in [0.15, 0.2) is 0 Å². The van der Waals surface area contributed by atoms with E-state index in [1.165, 1.54) is 4.90 Å². The Morgan fingerprint density at radius 1 is 1.03 bits per heavy atom. The predicted octanol–water partition coefficient (Wildman–Crippen LogP) is 4.38. The van der Waals surface area contributed by atoms with Gasteiger partial charge >= 0.3 is 12.0 Å². The summed E-state index contributed by atoms with van der Waals surface area (Å²) in [7, 11) is 0. The number of amides is 4. The molecule has 1 saturated heterocycles. The van der Waals surface area contributed by atoms with Gasteiger partial charge in [0.1, 0.15) is 6.04 Å². The Labute approximate surface area is 199 Å². The predicted molar refractivity (Wildman–Crippen MR) is 130 cm³/mol. The van der Waals surface area contributed by atoms with Gasteiger partial charge in [-0.2, -0.15) is 0 Å². The van der Waals surface area contributed by atoms with Crippen molar-refractivity contribution >= 4 is 35.2 Å². The molecule has 1 heterocycles. The van der Waals surface area contributed by atoms with Gasteiger partial charge in [0, 0.05) is 12.2 Å². The molecule has 0 spiro atoms. The van der Waals surface area contributed by atoms with Crippen LogP contribution in [0.2, 0.25) is 0 Å². The van der Waals surface area contributed by atoms with Crippen LogP contribution in [-0.2, 0) is 14.3 Å². The monoisotopic (exact) mass is 465 g/mol. The summed E-state index contributed by atoms with van der Waals surface area (Å²) in [5.41, 5.74) is 2.38. The number of carbonyl (C=O) groups is 4. The molecular formula is C26H31N3O5. The molecule has 1 aliphatic heterocycles. The van der Waals surface area contributed by atoms with E-state index in [1.807, 2.05) is 32.9 Å². The number of hydrogen-bond acceptors (Lipinski definition) is 5. The zero-order valence-corrected chi connectivity index (χ0v) is 20.0. The third kappa shape index (κ3) is 5.81. The standard InChI is InChI=1S/C26H31N3O5/c1-5-34-25(32)19-8-10-20(11-9-19)27-23(30)16-22-24(31)29(21-12-6-18(4)7-13-21)26(33)28(22)15-14-17(2)3/h6-13,17,22H,5,14-16H2,1-4H3,(H,27,30)/t22-/m1/s1. The minimum Gasteiger partial charge on any atom is -0.462 e. The maximum absolute atomic E-state index is 13.3. The summed E-state index contributed by atoms with van der Waals surface area (Å²) in [6, 6.07) is 12.2. The molecule has 180 valence electrons. The first-order chi connectivity index (χ1) is 16.2. The summed E-state index contributed by atoms with van der Waals surface area (Å²) in [4.78, 5) is 53.7. The second-order valence-electron chi connectivity index (χ2n) is 8.73. The maximum Gasteiger partial charge on any atom is 0.338 e. The van der Waals surface area contributed by atoms with E-state index in [0.29, 0.717) is 35.8 Å². The smallest absolute Gasteiger partial charge is 0.338 e. The van der Waals surface area contributed by atoms with Gasteiger partial charge < -0.3 is 15.0 Å². The number of nitrogens with zero attached hydrogens (tertiary/aromatic N) is 2. The van der Waals surface area contributed by atoms with Crippen molar-refractivity contribution in [2.24, 2.45) is 5.92 Å². The summed E-state index contributed by atoms with van der Waals surface area (Å²) in [6.07, 6.45) is 0.554. The van der Waals surface area contributed by atoms with Gasteiger partial charge in [0.2, 0.25) is 5.91 Å². The molecular weight excluding hydrogens is 434 g/mol. The Balaban J connectivity index is 1.74. The number of benzene rings is 2. The highest BCUT2D eigenvalue weighted by Gasteiger charge is 2.46. The van der Waals surface area contributed by atoms with Crippen LogP contribution in [0.1, 0.15) is 49.5 Å². The molecule has 1 atom stereocenters. The minimum atomic E-state index is -0.883. The average Bonchev–Trinajstić information content (AvgIpc) is 3.02. The molecule has 1 N–H and O–H groups in total. The van der Waals surface area contributed by atoms with Crippen LogP contribution in [0.5, 0.6) is 0 Å². The molecule has 3 rings (SSSR count). The number of esters is 1. The lowest BCUT2D eigenvalue weighted by atomic mass is 10.1. The molecule has 8 nitrogen and oxygen atoms in total. The minimum absolute atomic E-state index is 0.162. The zero-order valence-electron chi connectivity index (χ0n) is 20.0. The van der Waals surface area contributed by atoms with E-state index >= 15 is 0 Å². The van der Waals surface area contributed by atoms with Crippen LogP contribution in [0.4, 0.5) is 16.2 Å². The van der Waals surface area contributed by atoms with Crippen molar-refractivity contribution in [3.63, 3.8) is 0 Å². The average molecular weight is 466 g/mol. The number of anilines is 2. The van der Waals surface area contributed by atoms with E-state index < -0.39 is 29.9 Å². The number of hydrogen-bond donors (Lipinski definition) is 1. The molecule has 1 fully saturated rings. The lowest BCUT2D eigenvalue weighted by molar-refractivity contribution is -0.124. The number of rotatable bonds is 9. The third-order valence-electron chi connectivity index (χ3n) is 5.62. The summed E-state index contributed by atoms with van der Waals surface area (Å²) in [5, 5.41) is 2.75. The molecule has 1 aliphatic rings. The number of aryl methyl sites for hydroxylation is 1. The number of imide groups is 1. The fraction of sp³-hybridized carbons (Fsp3) is 0.385. The highest BCUT2D eigenvalue weighted by molar-refractivity contribution is 6.22. The van der Waals surface area contributed by atoms with Crippen LogP contribution in [-0.4, -0.2) is 47.9 Å². The van der Waals surface area contributed by atoms with Crippen molar-refractivity contribution in [1.82, 2.24) is 4.90 Å². The van der Waals surface area contributed by atoms with Gasteiger partial charge in [-0.3, -0.25) is 9.59 Å². The van der Waals surface area contributed by atoms with Crippen LogP contribution in [0, 0.1) is 12.8 Å². The van der Waals surface area contributed by atoms with Crippen LogP contribution in [0.15, 0.2) is 48.5 Å². The normalized spacial score (nSPS) is 15.7. The molecule has 0 radical (unpaired) electrons. The molecule has 0 unspecified atom stereocenters. The molecule has 0 bridgehead atoms. The van der Waals surface area contributed by atoms with Crippen LogP contribution in [0.25, 0.3) is 0 Å². The summed E-state index contributed by atoms with van der Waals surface area (Å²) in [5.74, 6) is -0.906. The van der Waals surface area contributed by atoms with E-state index in [-0.39, 0.29) is 13.0 Å². The Morgan fingerprint density at radius 2 is 1.68 bits per heavy atom. The van der Waals surface area contributed by atoms with E-state index in [2.05, 4.69) is 5.32 Å². The fourth-order valence-corrected chi connectivity index (χ4v) is 3.71. The second-order valence-corrected chi connectivity index (χ2v) is 8.73. The third-order valence-corrected chi connectivity index (χ3v) is 5.62. The quantitative estimate of drug-likeness (QED) is 0.438. The molecule has 0 aliphatic carbocycles. The van der Waals surface area contributed by atoms with E-state index in [0.717, 1.165) is 10.5 Å². The van der Waals surface area contributed by atoms with Gasteiger partial charge in [-0.1, -0.05) is 31.5 Å². The molecule has 0 saturated carbocycles. The van der Waals surface area contributed by atoms with E-state index in [1.54, 1.807) is 43.3 Å². The summed E-state index contributed by atoms with van der Waals surface area (Å²) < 4.78 is 4.96. The summed E-state index contributed by atoms with van der Waals surface area (Å²) >= 11 is 0. The highest BCUT2D eigenvalue weighted by Crippen LogP contribution is 2.28. The summed E-state index contributed by atoms with van der Waals surface area (Å²) in [6.45, 7) is 8.41. The first-order valence-electron chi connectivity index (χ1n) is 11.5. The largest absolute Gasteiger partial charge is 0.462 e. The first-order valence-corrected chi connectivity index (χ1v) is 11.5. The van der Waals surface area contributed by atoms with Crippen LogP contribution >= 0.6 is 0 Å². The Morgan fingerprint density at radius 3 is 2.26 bits per heavy atom. The van der Waals surface area contributed by atoms with Crippen molar-refractivity contribution in [1.29, 1.82) is 0 Å². The van der Waals surface area contributed by atoms with Gasteiger partial charge in [0.25, 0.3) is 5.91 Å². The highest BCUT2D eigenvalue weighted by atomic mass is 16.5. The van der Waals surface area contributed by atoms with Gasteiger partial charge in [-0.15, -0.1) is 0 Å². The number of urea groups is 1. The van der Waals surface area contributed by atoms with Crippen LogP contribution < -0.4 is 10.2 Å². The van der Waals surface area contributed by atoms with Crippen molar-refractivity contribution in [2.75, 3.05) is 23.4 Å². The van der Waals surface area contributed by atoms with E-state index in [4.69, 9.17) is 4.74 Å². The Bertz CT molecular complexity index is 1050. The molecule has 2 aromatic carbocycles. The number of nitrogens with one attached hydrogen (secondary N) is 1.